The zero-order chi connectivity index (χ0) is 25.3. The van der Waals surface area contributed by atoms with Crippen molar-refractivity contribution in [1.82, 2.24) is 15.0 Å². The number of aromatic nitrogens is 3. The molecule has 5 N–H and O–H groups in total. The van der Waals surface area contributed by atoms with Crippen LogP contribution in [0.2, 0.25) is 5.02 Å². The Kier molecular flexibility index (Phi) is 6.65. The number of hydrogen-bond donors (Lipinski definition) is 3. The maximum atomic E-state index is 12.6. The van der Waals surface area contributed by atoms with E-state index in [1.54, 1.807) is 18.2 Å². The van der Waals surface area contributed by atoms with Gasteiger partial charge >= 0.3 is 0 Å². The molecule has 0 fully saturated rings. The number of halogens is 1. The summed E-state index contributed by atoms with van der Waals surface area (Å²) in [5.74, 6) is 0.243. The molecule has 0 atom stereocenters. The molecule has 1 aliphatic heterocycles. The molecule has 0 radical (unpaired) electrons. The maximum Gasteiger partial charge on any atom is 0.265 e. The van der Waals surface area contributed by atoms with Crippen LogP contribution < -0.4 is 21.1 Å². The quantitative estimate of drug-likeness (QED) is 0.426. The number of carbonyl (C=O) groups is 2. The van der Waals surface area contributed by atoms with E-state index < -0.39 is 5.91 Å². The topological polar surface area (TPSA) is 161 Å². The Morgan fingerprint density at radius 1 is 1.31 bits per heavy atom. The first-order valence-electron chi connectivity index (χ1n) is 10.9. The number of nitrogen functional groups attached to an aromatic ring is 1. The van der Waals surface area contributed by atoms with Crippen LogP contribution in [-0.2, 0) is 17.8 Å². The standard InChI is InChI=1S/C24H24ClN7O3/c1-12(2)5-16-22(24(28)34)21(15(7-26)23(27)31-16)13-3-4-17-18(6-13)35-11-20(33)32(17)10-19-29-8-14(25)9-30-19/h3-4,6-9,12,26H,5,10-11H2,1-2H3,(H2,27,31)(H2,28,34). The molecule has 2 aromatic heterocycles. The Labute approximate surface area is 206 Å². The average Bonchev–Trinajstić information content (AvgIpc) is 2.81. The largest absolute Gasteiger partial charge is 0.482 e. The van der Waals surface area contributed by atoms with Crippen LogP contribution in [0.3, 0.4) is 0 Å². The highest BCUT2D eigenvalue weighted by atomic mass is 35.5. The number of pyridine rings is 1. The summed E-state index contributed by atoms with van der Waals surface area (Å²) in [7, 11) is 0. The third-order valence-corrected chi connectivity index (χ3v) is 5.69. The highest BCUT2D eigenvalue weighted by Crippen LogP contribution is 2.40. The van der Waals surface area contributed by atoms with Crippen molar-refractivity contribution < 1.29 is 14.3 Å². The third kappa shape index (κ3) is 4.78. The number of amides is 2. The second-order valence-corrected chi connectivity index (χ2v) is 8.92. The zero-order valence-electron chi connectivity index (χ0n) is 19.2. The number of primary amides is 1. The Balaban J connectivity index is 1.83. The van der Waals surface area contributed by atoms with Crippen LogP contribution in [0.15, 0.2) is 30.6 Å². The van der Waals surface area contributed by atoms with Gasteiger partial charge in [-0.15, -0.1) is 0 Å². The van der Waals surface area contributed by atoms with Gasteiger partial charge in [0.25, 0.3) is 11.8 Å². The highest BCUT2D eigenvalue weighted by molar-refractivity contribution is 6.30. The second kappa shape index (κ2) is 9.67. The van der Waals surface area contributed by atoms with Crippen LogP contribution in [0.5, 0.6) is 5.75 Å². The molecule has 0 aliphatic carbocycles. The Hall–Kier alpha value is -4.05. The van der Waals surface area contributed by atoms with Gasteiger partial charge < -0.3 is 21.6 Å². The number of hydrogen-bond acceptors (Lipinski definition) is 8. The first-order valence-corrected chi connectivity index (χ1v) is 11.2. The van der Waals surface area contributed by atoms with E-state index in [9.17, 15) is 9.59 Å². The number of rotatable bonds is 7. The molecule has 4 rings (SSSR count). The highest BCUT2D eigenvalue weighted by Gasteiger charge is 2.29. The number of anilines is 2. The van der Waals surface area contributed by atoms with Crippen molar-refractivity contribution in [3.05, 3.63) is 58.3 Å². The lowest BCUT2D eigenvalue weighted by atomic mass is 9.90. The summed E-state index contributed by atoms with van der Waals surface area (Å²) in [6.07, 6.45) is 4.47. The zero-order valence-corrected chi connectivity index (χ0v) is 20.0. The molecule has 2 amide bonds. The number of benzene rings is 1. The van der Waals surface area contributed by atoms with Gasteiger partial charge in [-0.2, -0.15) is 0 Å². The fraction of sp³-hybridized carbons (Fsp3) is 0.250. The van der Waals surface area contributed by atoms with Crippen LogP contribution in [-0.4, -0.2) is 39.6 Å². The molecule has 0 unspecified atom stereocenters. The number of ether oxygens (including phenoxy) is 1. The molecule has 0 bridgehead atoms. The van der Waals surface area contributed by atoms with E-state index in [-0.39, 0.29) is 41.9 Å². The van der Waals surface area contributed by atoms with Crippen molar-refractivity contribution >= 4 is 41.1 Å². The average molecular weight is 494 g/mol. The first-order chi connectivity index (χ1) is 16.7. The second-order valence-electron chi connectivity index (χ2n) is 8.48. The lowest BCUT2D eigenvalue weighted by molar-refractivity contribution is -0.121. The van der Waals surface area contributed by atoms with Crippen molar-refractivity contribution in [2.24, 2.45) is 11.7 Å². The van der Waals surface area contributed by atoms with Gasteiger partial charge in [-0.1, -0.05) is 31.5 Å². The van der Waals surface area contributed by atoms with Gasteiger partial charge in [0, 0.05) is 29.7 Å². The van der Waals surface area contributed by atoms with E-state index in [4.69, 9.17) is 33.2 Å². The minimum Gasteiger partial charge on any atom is -0.482 e. The van der Waals surface area contributed by atoms with E-state index in [1.807, 2.05) is 13.8 Å². The van der Waals surface area contributed by atoms with Crippen molar-refractivity contribution in [2.75, 3.05) is 17.2 Å². The molecule has 180 valence electrons. The number of nitrogens with one attached hydrogen (secondary N) is 1. The van der Waals surface area contributed by atoms with E-state index in [0.717, 1.165) is 6.21 Å². The van der Waals surface area contributed by atoms with Crippen molar-refractivity contribution in [3.63, 3.8) is 0 Å². The molecule has 1 aliphatic rings. The molecule has 10 nitrogen and oxygen atoms in total. The maximum absolute atomic E-state index is 12.6. The molecular formula is C24H24ClN7O3. The lowest BCUT2D eigenvalue weighted by Gasteiger charge is -2.29. The van der Waals surface area contributed by atoms with Gasteiger partial charge in [0.15, 0.2) is 6.61 Å². The molecule has 35 heavy (non-hydrogen) atoms. The molecular weight excluding hydrogens is 470 g/mol. The van der Waals surface area contributed by atoms with E-state index in [1.165, 1.54) is 17.3 Å². The van der Waals surface area contributed by atoms with Crippen molar-refractivity contribution in [2.45, 2.75) is 26.8 Å². The predicted octanol–water partition coefficient (Wildman–Crippen LogP) is 2.99. The van der Waals surface area contributed by atoms with Gasteiger partial charge in [-0.3, -0.25) is 14.5 Å². The third-order valence-electron chi connectivity index (χ3n) is 5.50. The van der Waals surface area contributed by atoms with Crippen LogP contribution in [0.25, 0.3) is 11.1 Å². The summed E-state index contributed by atoms with van der Waals surface area (Å²) in [5.41, 5.74) is 14.4. The number of nitrogens with two attached hydrogens (primary N) is 2. The summed E-state index contributed by atoms with van der Waals surface area (Å²) in [6.45, 7) is 3.94. The Morgan fingerprint density at radius 3 is 2.66 bits per heavy atom. The van der Waals surface area contributed by atoms with Gasteiger partial charge in [-0.25, -0.2) is 15.0 Å². The Bertz CT molecular complexity index is 1330. The summed E-state index contributed by atoms with van der Waals surface area (Å²) < 4.78 is 5.71. The fourth-order valence-electron chi connectivity index (χ4n) is 4.01. The number of fused-ring (bicyclic) bond motifs is 1. The monoisotopic (exact) mass is 493 g/mol. The Morgan fingerprint density at radius 2 is 2.03 bits per heavy atom. The molecule has 11 heteroatoms. The minimum atomic E-state index is -0.665. The number of carbonyl (C=O) groups excluding carboxylic acids is 2. The summed E-state index contributed by atoms with van der Waals surface area (Å²) in [5, 5.41) is 8.30. The summed E-state index contributed by atoms with van der Waals surface area (Å²) >= 11 is 5.86. The SMILES string of the molecule is CC(C)Cc1nc(N)c(C=N)c(-c2ccc3c(c2)OCC(=O)N3Cc2ncc(Cl)cn2)c1C(N)=O. The normalized spacial score (nSPS) is 12.9. The van der Waals surface area contributed by atoms with Crippen molar-refractivity contribution in [3.8, 4) is 16.9 Å². The smallest absolute Gasteiger partial charge is 0.265 e. The lowest BCUT2D eigenvalue weighted by Crippen LogP contribution is -2.38. The van der Waals surface area contributed by atoms with E-state index in [2.05, 4.69) is 15.0 Å². The molecule has 3 heterocycles. The summed E-state index contributed by atoms with van der Waals surface area (Å²) in [6, 6.07) is 5.13. The minimum absolute atomic E-state index is 0.130. The summed E-state index contributed by atoms with van der Waals surface area (Å²) in [4.78, 5) is 39.4. The predicted molar refractivity (Wildman–Crippen MR) is 133 cm³/mol. The molecule has 0 spiro atoms. The van der Waals surface area contributed by atoms with Crippen LogP contribution in [0.4, 0.5) is 11.5 Å². The van der Waals surface area contributed by atoms with E-state index >= 15 is 0 Å². The van der Waals surface area contributed by atoms with Gasteiger partial charge in [0.2, 0.25) is 0 Å². The van der Waals surface area contributed by atoms with Crippen molar-refractivity contribution in [1.29, 1.82) is 5.41 Å². The fourth-order valence-corrected chi connectivity index (χ4v) is 4.11. The molecule has 0 saturated heterocycles. The van der Waals surface area contributed by atoms with Gasteiger partial charge in [0.05, 0.1) is 28.5 Å². The van der Waals surface area contributed by atoms with Crippen LogP contribution >= 0.6 is 11.6 Å². The van der Waals surface area contributed by atoms with E-state index in [0.29, 0.717) is 45.5 Å². The molecule has 0 saturated carbocycles. The number of nitrogens with zero attached hydrogens (tertiary/aromatic N) is 4. The van der Waals surface area contributed by atoms with Crippen LogP contribution in [0, 0.1) is 11.3 Å². The molecule has 3 aromatic rings. The molecule has 1 aromatic carbocycles. The van der Waals surface area contributed by atoms with Gasteiger partial charge in [-0.05, 0) is 30.0 Å². The van der Waals surface area contributed by atoms with Crippen LogP contribution in [0.1, 0.15) is 41.3 Å². The van der Waals surface area contributed by atoms with Gasteiger partial charge in [0.1, 0.15) is 17.4 Å². The first kappa shape index (κ1) is 24.1.